The first-order valence-corrected chi connectivity index (χ1v) is 11.1. The summed E-state index contributed by atoms with van der Waals surface area (Å²) in [7, 11) is -4.90. The van der Waals surface area contributed by atoms with Gasteiger partial charge < -0.3 is 9.47 Å². The van der Waals surface area contributed by atoms with E-state index in [0.29, 0.717) is 6.42 Å². The maximum atomic E-state index is 12.5. The van der Waals surface area contributed by atoms with Crippen molar-refractivity contribution in [3.05, 3.63) is 35.9 Å². The Morgan fingerprint density at radius 2 is 1.85 bits per heavy atom. The lowest BCUT2D eigenvalue weighted by atomic mass is 9.93. The molecule has 0 spiro atoms. The van der Waals surface area contributed by atoms with Crippen LogP contribution < -0.4 is 0 Å². The molecule has 0 heterocycles. The van der Waals surface area contributed by atoms with E-state index in [0.717, 1.165) is 11.8 Å². The van der Waals surface area contributed by atoms with Crippen LogP contribution in [0.4, 0.5) is 0 Å². The monoisotopic (exact) mass is 405 g/mol. The molecule has 146 valence electrons. The third-order valence-electron chi connectivity index (χ3n) is 3.76. The Morgan fingerprint density at radius 3 is 2.35 bits per heavy atom. The molecule has 0 amide bonds. The summed E-state index contributed by atoms with van der Waals surface area (Å²) in [5, 5.41) is -1.58. The first kappa shape index (κ1) is 22.7. The van der Waals surface area contributed by atoms with Crippen molar-refractivity contribution >= 4 is 24.5 Å². The number of rotatable bonds is 12. The number of carbonyl (C=O) groups excluding carboxylic acids is 1. The molecule has 1 rings (SSSR count). The molecule has 0 saturated carbocycles. The van der Waals surface area contributed by atoms with E-state index in [9.17, 15) is 17.8 Å². The van der Waals surface area contributed by atoms with Crippen LogP contribution in [0.3, 0.4) is 0 Å². The minimum atomic E-state index is -3.79. The molecule has 0 aliphatic heterocycles. The molecule has 7 nitrogen and oxygen atoms in total. The molecular weight excluding hydrogens is 379 g/mol. The molecule has 1 aromatic rings. The van der Waals surface area contributed by atoms with E-state index >= 15 is 0 Å². The molecule has 0 aliphatic carbocycles. The predicted molar refractivity (Wildman–Crippen MR) is 99.0 cm³/mol. The van der Waals surface area contributed by atoms with Crippen LogP contribution in [0.25, 0.3) is 0 Å². The fourth-order valence-corrected chi connectivity index (χ4v) is 3.80. The number of carbonyl (C=O) groups is 1. The van der Waals surface area contributed by atoms with Crippen LogP contribution in [-0.2, 0) is 39.6 Å². The van der Waals surface area contributed by atoms with Gasteiger partial charge in [-0.1, -0.05) is 34.9 Å². The molecule has 0 fully saturated rings. The maximum Gasteiger partial charge on any atom is 0.363 e. The van der Waals surface area contributed by atoms with Crippen LogP contribution >= 0.6 is 8.46 Å². The standard InChI is InChI=1S/C17H25O7PS/c1-4-22-16(18)15(12-11-14-9-7-6-8-10-14)17(25-19,23-5-2)13-24-26(3,20)21/h6-10,15H,4-5,11-13H2,1-3H3/p+1. The van der Waals surface area contributed by atoms with Gasteiger partial charge in [0.2, 0.25) is 0 Å². The highest BCUT2D eigenvalue weighted by molar-refractivity contribution is 7.86. The summed E-state index contributed by atoms with van der Waals surface area (Å²) in [6.07, 6.45) is 1.69. The highest BCUT2D eigenvalue weighted by Crippen LogP contribution is 2.38. The Bertz CT molecular complexity index is 678. The van der Waals surface area contributed by atoms with Gasteiger partial charge >= 0.3 is 19.8 Å². The van der Waals surface area contributed by atoms with E-state index < -0.39 is 42.4 Å². The van der Waals surface area contributed by atoms with Gasteiger partial charge in [-0.3, -0.25) is 8.98 Å². The third kappa shape index (κ3) is 7.11. The van der Waals surface area contributed by atoms with Gasteiger partial charge in [0.25, 0.3) is 10.1 Å². The lowest BCUT2D eigenvalue weighted by Gasteiger charge is -2.27. The van der Waals surface area contributed by atoms with Crippen molar-refractivity contribution in [3.8, 4) is 0 Å². The number of hydrogen-bond donors (Lipinski definition) is 0. The average molecular weight is 405 g/mol. The number of hydrogen-bond acceptors (Lipinski definition) is 7. The number of aryl methyl sites for hydroxylation is 1. The van der Waals surface area contributed by atoms with E-state index in [2.05, 4.69) is 0 Å². The summed E-state index contributed by atoms with van der Waals surface area (Å²) in [5.41, 5.74) is 0.991. The van der Waals surface area contributed by atoms with Crippen LogP contribution in [0.2, 0.25) is 0 Å². The minimum Gasteiger partial charge on any atom is -0.466 e. The quantitative estimate of drug-likeness (QED) is 0.299. The molecule has 3 unspecified atom stereocenters. The lowest BCUT2D eigenvalue weighted by molar-refractivity contribution is -0.158. The number of ether oxygens (including phenoxy) is 2. The van der Waals surface area contributed by atoms with E-state index in [4.69, 9.17) is 13.7 Å². The number of benzene rings is 1. The highest BCUT2D eigenvalue weighted by atomic mass is 32.2. The van der Waals surface area contributed by atoms with Crippen molar-refractivity contribution in [2.24, 2.45) is 5.92 Å². The molecule has 9 heteroatoms. The van der Waals surface area contributed by atoms with Gasteiger partial charge in [-0.2, -0.15) is 8.42 Å². The zero-order valence-electron chi connectivity index (χ0n) is 15.3. The van der Waals surface area contributed by atoms with Crippen molar-refractivity contribution in [3.63, 3.8) is 0 Å². The maximum absolute atomic E-state index is 12.5. The van der Waals surface area contributed by atoms with E-state index in [1.807, 2.05) is 30.3 Å². The van der Waals surface area contributed by atoms with Crippen molar-refractivity contribution in [1.82, 2.24) is 0 Å². The SMILES string of the molecule is CCOC(=O)C(CCc1ccccc1)C(COS(C)(=O)=O)(OCC)[PH+]=O. The van der Waals surface area contributed by atoms with E-state index in [-0.39, 0.29) is 19.6 Å². The largest absolute Gasteiger partial charge is 0.466 e. The Labute approximate surface area is 156 Å². The Morgan fingerprint density at radius 1 is 1.19 bits per heavy atom. The summed E-state index contributed by atoms with van der Waals surface area (Å²) in [5.74, 6) is -1.52. The van der Waals surface area contributed by atoms with Crippen LogP contribution in [0.5, 0.6) is 0 Å². The van der Waals surface area contributed by atoms with Crippen LogP contribution in [0.1, 0.15) is 25.8 Å². The van der Waals surface area contributed by atoms with Crippen molar-refractivity contribution in [1.29, 1.82) is 0 Å². The molecule has 0 aliphatic rings. The van der Waals surface area contributed by atoms with Gasteiger partial charge in [-0.15, -0.1) is 0 Å². The molecule has 0 aromatic heterocycles. The Hall–Kier alpha value is -1.34. The van der Waals surface area contributed by atoms with Crippen molar-refractivity contribution < 1.29 is 31.4 Å². The summed E-state index contributed by atoms with van der Waals surface area (Å²) in [6.45, 7) is 3.12. The fourth-order valence-electron chi connectivity index (χ4n) is 2.56. The molecule has 0 N–H and O–H groups in total. The second-order valence-corrected chi connectivity index (χ2v) is 8.41. The van der Waals surface area contributed by atoms with Gasteiger partial charge in [0, 0.05) is 6.61 Å². The zero-order chi connectivity index (χ0) is 19.6. The third-order valence-corrected chi connectivity index (χ3v) is 5.29. The summed E-state index contributed by atoms with van der Waals surface area (Å²) in [6, 6.07) is 9.48. The summed E-state index contributed by atoms with van der Waals surface area (Å²) in [4.78, 5) is 12.5. The van der Waals surface area contributed by atoms with Crippen LogP contribution in [0, 0.1) is 5.92 Å². The fraction of sp³-hybridized carbons (Fsp3) is 0.588. The summed E-state index contributed by atoms with van der Waals surface area (Å²) < 4.78 is 50.4. The van der Waals surface area contributed by atoms with Gasteiger partial charge in [-0.05, 0) is 32.3 Å². The smallest absolute Gasteiger partial charge is 0.363 e. The molecule has 0 bridgehead atoms. The topological polar surface area (TPSA) is 96.0 Å². The average Bonchev–Trinajstić information content (AvgIpc) is 2.60. The van der Waals surface area contributed by atoms with Gasteiger partial charge in [0.15, 0.2) is 0 Å². The normalized spacial score (nSPS) is 15.3. The molecule has 0 saturated heterocycles. The molecule has 3 atom stereocenters. The second kappa shape index (κ2) is 10.7. The minimum absolute atomic E-state index is 0.142. The summed E-state index contributed by atoms with van der Waals surface area (Å²) >= 11 is 0. The van der Waals surface area contributed by atoms with E-state index in [1.54, 1.807) is 13.8 Å². The van der Waals surface area contributed by atoms with Crippen molar-refractivity contribution in [2.45, 2.75) is 32.0 Å². The van der Waals surface area contributed by atoms with Gasteiger partial charge in [-0.25, -0.2) is 0 Å². The molecular formula is C17H26O7PS+. The second-order valence-electron chi connectivity index (χ2n) is 5.72. The Balaban J connectivity index is 3.13. The Kier molecular flexibility index (Phi) is 9.36. The molecule has 1 aromatic carbocycles. The first-order valence-electron chi connectivity index (χ1n) is 8.36. The van der Waals surface area contributed by atoms with Gasteiger partial charge in [0.05, 0.1) is 12.9 Å². The van der Waals surface area contributed by atoms with Gasteiger partial charge in [0.1, 0.15) is 12.5 Å². The first-order chi connectivity index (χ1) is 12.3. The zero-order valence-corrected chi connectivity index (χ0v) is 17.1. The van der Waals surface area contributed by atoms with E-state index in [1.165, 1.54) is 0 Å². The number of esters is 1. The molecule has 0 radical (unpaired) electrons. The lowest BCUT2D eigenvalue weighted by Crippen LogP contribution is -2.45. The molecule has 26 heavy (non-hydrogen) atoms. The predicted octanol–water partition coefficient (Wildman–Crippen LogP) is 2.53. The van der Waals surface area contributed by atoms with Crippen molar-refractivity contribution in [2.75, 3.05) is 26.1 Å². The van der Waals surface area contributed by atoms with Crippen LogP contribution in [0.15, 0.2) is 30.3 Å². The highest BCUT2D eigenvalue weighted by Gasteiger charge is 2.53. The van der Waals surface area contributed by atoms with Crippen LogP contribution in [-0.4, -0.2) is 45.8 Å².